The van der Waals surface area contributed by atoms with E-state index < -0.39 is 0 Å². The molecule has 3 N–H and O–H groups in total. The maximum Gasteiger partial charge on any atom is 0.0955 e. The van der Waals surface area contributed by atoms with E-state index in [1.54, 1.807) is 10.9 Å². The third kappa shape index (κ3) is 1.35. The summed E-state index contributed by atoms with van der Waals surface area (Å²) in [5, 5.41) is 11.4. The van der Waals surface area contributed by atoms with Crippen LogP contribution in [0.25, 0.3) is 11.3 Å². The lowest BCUT2D eigenvalue weighted by Crippen LogP contribution is -2.18. The molecule has 2 heterocycles. The van der Waals surface area contributed by atoms with Crippen molar-refractivity contribution in [2.24, 2.45) is 12.8 Å². The fraction of sp³-hybridized carbons (Fsp3) is 0.400. The zero-order valence-corrected chi connectivity index (χ0v) is 8.57. The van der Waals surface area contributed by atoms with Gasteiger partial charge in [0.25, 0.3) is 0 Å². The highest BCUT2D eigenvalue weighted by Crippen LogP contribution is 2.42. The van der Waals surface area contributed by atoms with Gasteiger partial charge in [0.15, 0.2) is 0 Å². The molecule has 0 saturated heterocycles. The van der Waals surface area contributed by atoms with Gasteiger partial charge >= 0.3 is 0 Å². The van der Waals surface area contributed by atoms with Crippen LogP contribution >= 0.6 is 0 Å². The van der Waals surface area contributed by atoms with E-state index in [9.17, 15) is 0 Å². The summed E-state index contributed by atoms with van der Waals surface area (Å²) < 4.78 is 1.76. The molecule has 5 heteroatoms. The first kappa shape index (κ1) is 8.67. The van der Waals surface area contributed by atoms with Crippen molar-refractivity contribution < 1.29 is 0 Å². The van der Waals surface area contributed by atoms with Crippen molar-refractivity contribution in [3.05, 3.63) is 24.2 Å². The molecule has 1 fully saturated rings. The van der Waals surface area contributed by atoms with Crippen molar-refractivity contribution >= 4 is 0 Å². The molecule has 3 rings (SSSR count). The average molecular weight is 203 g/mol. The first-order chi connectivity index (χ1) is 7.17. The molecule has 0 atom stereocenters. The Balaban J connectivity index is 1.97. The number of H-pyrrole nitrogens is 1. The molecule has 0 aromatic carbocycles. The van der Waals surface area contributed by atoms with Gasteiger partial charge in [0.2, 0.25) is 0 Å². The third-order valence-corrected chi connectivity index (χ3v) is 2.90. The number of hydrogen-bond donors (Lipinski definition) is 2. The summed E-state index contributed by atoms with van der Waals surface area (Å²) in [5.41, 5.74) is 8.89. The summed E-state index contributed by atoms with van der Waals surface area (Å²) in [5.74, 6) is 0. The van der Waals surface area contributed by atoms with Crippen molar-refractivity contribution in [3.63, 3.8) is 0 Å². The highest BCUT2D eigenvalue weighted by Gasteiger charge is 2.41. The van der Waals surface area contributed by atoms with Crippen molar-refractivity contribution in [3.8, 4) is 11.3 Å². The van der Waals surface area contributed by atoms with Gasteiger partial charge in [-0.3, -0.25) is 9.78 Å². The molecule has 78 valence electrons. The topological polar surface area (TPSA) is 72.5 Å². The zero-order valence-electron chi connectivity index (χ0n) is 8.57. The second-order valence-electron chi connectivity index (χ2n) is 4.23. The predicted octanol–water partition coefficient (Wildman–Crippen LogP) is 0.758. The van der Waals surface area contributed by atoms with Gasteiger partial charge in [-0.25, -0.2) is 0 Å². The Morgan fingerprint density at radius 1 is 1.53 bits per heavy atom. The second-order valence-corrected chi connectivity index (χ2v) is 4.23. The molecule has 0 amide bonds. The summed E-state index contributed by atoms with van der Waals surface area (Å²) in [6, 6.07) is 2.02. The lowest BCUT2D eigenvalue weighted by Gasteiger charge is -2.01. The number of hydrogen-bond acceptors (Lipinski definition) is 3. The molecular formula is C10H13N5. The normalized spacial score (nSPS) is 18.0. The molecule has 1 saturated carbocycles. The minimum absolute atomic E-state index is 0.145. The van der Waals surface area contributed by atoms with Gasteiger partial charge in [-0.05, 0) is 18.9 Å². The van der Waals surface area contributed by atoms with Crippen LogP contribution in [-0.2, 0) is 12.6 Å². The lowest BCUT2D eigenvalue weighted by atomic mass is 10.1. The van der Waals surface area contributed by atoms with Gasteiger partial charge in [-0.2, -0.15) is 10.2 Å². The first-order valence-corrected chi connectivity index (χ1v) is 5.01. The van der Waals surface area contributed by atoms with Crippen LogP contribution in [0, 0.1) is 0 Å². The fourth-order valence-electron chi connectivity index (χ4n) is 1.68. The minimum Gasteiger partial charge on any atom is -0.320 e. The van der Waals surface area contributed by atoms with Gasteiger partial charge in [0.05, 0.1) is 23.1 Å². The quantitative estimate of drug-likeness (QED) is 0.756. The van der Waals surface area contributed by atoms with Crippen molar-refractivity contribution in [2.45, 2.75) is 18.4 Å². The van der Waals surface area contributed by atoms with E-state index in [-0.39, 0.29) is 5.54 Å². The Labute approximate surface area is 87.3 Å². The average Bonchev–Trinajstić information content (AvgIpc) is 2.72. The molecule has 0 radical (unpaired) electrons. The molecule has 1 aliphatic carbocycles. The van der Waals surface area contributed by atoms with E-state index in [1.165, 1.54) is 0 Å². The van der Waals surface area contributed by atoms with Gasteiger partial charge in [-0.1, -0.05) is 0 Å². The number of nitrogens with one attached hydrogen (secondary N) is 1. The summed E-state index contributed by atoms with van der Waals surface area (Å²) in [4.78, 5) is 0. The summed E-state index contributed by atoms with van der Waals surface area (Å²) in [6.07, 6.45) is 5.83. The van der Waals surface area contributed by atoms with E-state index in [0.717, 1.165) is 29.8 Å². The van der Waals surface area contributed by atoms with Crippen LogP contribution in [0.1, 0.15) is 18.5 Å². The highest BCUT2D eigenvalue weighted by atomic mass is 15.2. The summed E-state index contributed by atoms with van der Waals surface area (Å²) >= 11 is 0. The molecule has 0 aliphatic heterocycles. The van der Waals surface area contributed by atoms with Crippen molar-refractivity contribution in [2.75, 3.05) is 0 Å². The van der Waals surface area contributed by atoms with Crippen LogP contribution in [0.5, 0.6) is 0 Å². The fourth-order valence-corrected chi connectivity index (χ4v) is 1.68. The minimum atomic E-state index is -0.145. The van der Waals surface area contributed by atoms with E-state index in [2.05, 4.69) is 15.3 Å². The van der Waals surface area contributed by atoms with Crippen LogP contribution in [0.4, 0.5) is 0 Å². The maximum absolute atomic E-state index is 6.07. The zero-order chi connectivity index (χ0) is 10.5. The van der Waals surface area contributed by atoms with Crippen LogP contribution in [0.15, 0.2) is 18.5 Å². The number of aryl methyl sites for hydroxylation is 1. The van der Waals surface area contributed by atoms with E-state index >= 15 is 0 Å². The Morgan fingerprint density at radius 2 is 2.33 bits per heavy atom. The molecule has 15 heavy (non-hydrogen) atoms. The van der Waals surface area contributed by atoms with Crippen molar-refractivity contribution in [1.29, 1.82) is 0 Å². The Hall–Kier alpha value is -1.62. The molecule has 0 bridgehead atoms. The number of rotatable bonds is 2. The van der Waals surface area contributed by atoms with Gasteiger partial charge < -0.3 is 5.73 Å². The third-order valence-electron chi connectivity index (χ3n) is 2.90. The monoisotopic (exact) mass is 203 g/mol. The summed E-state index contributed by atoms with van der Waals surface area (Å²) in [6.45, 7) is 0. The SMILES string of the molecule is Cn1cc(-c2cc(C3(N)CC3)[nH]n2)cn1. The van der Waals surface area contributed by atoms with Crippen molar-refractivity contribution in [1.82, 2.24) is 20.0 Å². The van der Waals surface area contributed by atoms with Crippen LogP contribution in [0.3, 0.4) is 0 Å². The molecule has 0 unspecified atom stereocenters. The van der Waals surface area contributed by atoms with E-state index in [0.29, 0.717) is 0 Å². The molecule has 2 aromatic heterocycles. The van der Waals surface area contributed by atoms with Gasteiger partial charge in [-0.15, -0.1) is 0 Å². The van der Waals surface area contributed by atoms with Crippen LogP contribution < -0.4 is 5.73 Å². The molecule has 2 aromatic rings. The Bertz CT molecular complexity index is 491. The van der Waals surface area contributed by atoms with E-state index in [1.807, 2.05) is 19.3 Å². The van der Waals surface area contributed by atoms with Gasteiger partial charge in [0.1, 0.15) is 0 Å². The molecular weight excluding hydrogens is 190 g/mol. The predicted molar refractivity (Wildman–Crippen MR) is 55.9 cm³/mol. The number of aromatic nitrogens is 4. The lowest BCUT2D eigenvalue weighted by molar-refractivity contribution is 0.702. The summed E-state index contributed by atoms with van der Waals surface area (Å²) in [7, 11) is 1.89. The second kappa shape index (κ2) is 2.70. The molecule has 1 aliphatic rings. The number of aromatic amines is 1. The highest BCUT2D eigenvalue weighted by molar-refractivity contribution is 5.57. The van der Waals surface area contributed by atoms with Crippen LogP contribution in [-0.4, -0.2) is 20.0 Å². The first-order valence-electron chi connectivity index (χ1n) is 5.01. The van der Waals surface area contributed by atoms with Gasteiger partial charge in [0, 0.05) is 18.8 Å². The Kier molecular flexibility index (Phi) is 1.56. The Morgan fingerprint density at radius 3 is 2.93 bits per heavy atom. The number of nitrogens with zero attached hydrogens (tertiary/aromatic N) is 3. The maximum atomic E-state index is 6.07. The smallest absolute Gasteiger partial charge is 0.0955 e. The standard InChI is InChI=1S/C10H13N5/c1-15-6-7(5-12-15)8-4-9(14-13-8)10(11)2-3-10/h4-6H,2-3,11H2,1H3,(H,13,14). The van der Waals surface area contributed by atoms with E-state index in [4.69, 9.17) is 5.73 Å². The largest absolute Gasteiger partial charge is 0.320 e. The van der Waals surface area contributed by atoms with Crippen LogP contribution in [0.2, 0.25) is 0 Å². The molecule has 0 spiro atoms. The number of nitrogens with two attached hydrogens (primary N) is 1. The molecule has 5 nitrogen and oxygen atoms in total.